The largest absolute Gasteiger partial charge is 0.351 e. The Hall–Kier alpha value is -1.39. The fraction of sp³-hybridized carbons (Fsp3) is 0.562. The average Bonchev–Trinajstić information content (AvgIpc) is 2.50. The summed E-state index contributed by atoms with van der Waals surface area (Å²) >= 11 is 0. The van der Waals surface area contributed by atoms with Crippen LogP contribution in [0, 0.1) is 0 Å². The molecule has 0 aliphatic rings. The first-order valence-electron chi connectivity index (χ1n) is 7.44. The second-order valence-electron chi connectivity index (χ2n) is 5.01. The lowest BCUT2D eigenvalue weighted by molar-refractivity contribution is -0.122. The summed E-state index contributed by atoms with van der Waals surface area (Å²) in [4.78, 5) is 14.0. The summed E-state index contributed by atoms with van der Waals surface area (Å²) in [6.07, 6.45) is 0.661. The number of carbonyl (C=O) groups excluding carboxylic acids is 1. The van der Waals surface area contributed by atoms with Gasteiger partial charge in [-0.1, -0.05) is 45.0 Å². The predicted octanol–water partition coefficient (Wildman–Crippen LogP) is 1.88. The normalized spacial score (nSPS) is 12.4. The lowest BCUT2D eigenvalue weighted by atomic mass is 10.1. The molecule has 0 aliphatic carbocycles. The second-order valence-corrected chi connectivity index (χ2v) is 5.01. The van der Waals surface area contributed by atoms with E-state index in [2.05, 4.69) is 48.3 Å². The molecule has 0 aromatic heterocycles. The predicted molar refractivity (Wildman–Crippen MR) is 83.2 cm³/mol. The molecular formula is C16H27N3O. The van der Waals surface area contributed by atoms with Gasteiger partial charge in [-0.15, -0.1) is 0 Å². The molecule has 3 N–H and O–H groups in total. The molecule has 1 atom stereocenters. The molecule has 0 heterocycles. The van der Waals surface area contributed by atoms with E-state index in [1.165, 1.54) is 5.56 Å². The summed E-state index contributed by atoms with van der Waals surface area (Å²) in [6, 6.07) is 7.98. The zero-order valence-corrected chi connectivity index (χ0v) is 12.9. The van der Waals surface area contributed by atoms with Gasteiger partial charge in [0.05, 0.1) is 6.04 Å². The first-order valence-corrected chi connectivity index (χ1v) is 7.44. The van der Waals surface area contributed by atoms with Gasteiger partial charge in [0, 0.05) is 13.1 Å². The monoisotopic (exact) mass is 277 g/mol. The van der Waals surface area contributed by atoms with Gasteiger partial charge in [0.25, 0.3) is 0 Å². The second kappa shape index (κ2) is 8.72. The molecule has 20 heavy (non-hydrogen) atoms. The van der Waals surface area contributed by atoms with Gasteiger partial charge in [0.2, 0.25) is 5.91 Å². The fourth-order valence-corrected chi connectivity index (χ4v) is 1.97. The van der Waals surface area contributed by atoms with Gasteiger partial charge >= 0.3 is 0 Å². The number of nitrogens with one attached hydrogen (secondary N) is 1. The van der Waals surface area contributed by atoms with Crippen molar-refractivity contribution < 1.29 is 4.79 Å². The van der Waals surface area contributed by atoms with E-state index >= 15 is 0 Å². The Bertz CT molecular complexity index is 399. The van der Waals surface area contributed by atoms with Crippen molar-refractivity contribution in [3.63, 3.8) is 0 Å². The smallest absolute Gasteiger partial charge is 0.237 e. The van der Waals surface area contributed by atoms with E-state index in [4.69, 9.17) is 5.73 Å². The molecular weight excluding hydrogens is 250 g/mol. The summed E-state index contributed by atoms with van der Waals surface area (Å²) < 4.78 is 0. The molecule has 0 spiro atoms. The van der Waals surface area contributed by atoms with Gasteiger partial charge in [0.15, 0.2) is 0 Å². The molecule has 112 valence electrons. The molecule has 0 fully saturated rings. The van der Waals surface area contributed by atoms with E-state index in [1.807, 2.05) is 6.92 Å². The van der Waals surface area contributed by atoms with Crippen molar-refractivity contribution in [2.24, 2.45) is 5.73 Å². The van der Waals surface area contributed by atoms with Crippen LogP contribution in [0.15, 0.2) is 24.3 Å². The van der Waals surface area contributed by atoms with Crippen molar-refractivity contribution in [3.8, 4) is 0 Å². The highest BCUT2D eigenvalue weighted by Gasteiger charge is 2.09. The topological polar surface area (TPSA) is 58.4 Å². The Morgan fingerprint density at radius 1 is 1.15 bits per heavy atom. The van der Waals surface area contributed by atoms with Gasteiger partial charge in [-0.3, -0.25) is 9.69 Å². The summed E-state index contributed by atoms with van der Waals surface area (Å²) in [6.45, 7) is 9.88. The van der Waals surface area contributed by atoms with E-state index in [1.54, 1.807) is 0 Å². The van der Waals surface area contributed by atoms with Crippen molar-refractivity contribution in [3.05, 3.63) is 35.4 Å². The standard InChI is InChI=1S/C16H27N3O/c1-4-15(17)16(20)18-11-13-7-9-14(10-8-13)12-19(5-2)6-3/h7-10,15H,4-6,11-12,17H2,1-3H3,(H,18,20)/t15-/m1/s1. The van der Waals surface area contributed by atoms with E-state index < -0.39 is 6.04 Å². The molecule has 0 aliphatic heterocycles. The lowest BCUT2D eigenvalue weighted by Crippen LogP contribution is -2.39. The number of carbonyl (C=O) groups is 1. The maximum Gasteiger partial charge on any atom is 0.237 e. The molecule has 4 nitrogen and oxygen atoms in total. The molecule has 1 aromatic rings. The van der Waals surface area contributed by atoms with Crippen LogP contribution in [0.1, 0.15) is 38.3 Å². The first kappa shape index (κ1) is 16.7. The maximum atomic E-state index is 11.6. The molecule has 0 saturated carbocycles. The fourth-order valence-electron chi connectivity index (χ4n) is 1.97. The Labute approximate surface area is 122 Å². The zero-order valence-electron chi connectivity index (χ0n) is 12.9. The van der Waals surface area contributed by atoms with Gasteiger partial charge in [-0.05, 0) is 30.6 Å². The molecule has 1 rings (SSSR count). The molecule has 0 saturated heterocycles. The highest BCUT2D eigenvalue weighted by Crippen LogP contribution is 2.07. The Morgan fingerprint density at radius 3 is 2.20 bits per heavy atom. The summed E-state index contributed by atoms with van der Waals surface area (Å²) in [5, 5.41) is 2.86. The third kappa shape index (κ3) is 5.31. The van der Waals surface area contributed by atoms with Crippen molar-refractivity contribution in [2.75, 3.05) is 13.1 Å². The van der Waals surface area contributed by atoms with Crippen molar-refractivity contribution >= 4 is 5.91 Å². The molecule has 0 bridgehead atoms. The van der Waals surface area contributed by atoms with Crippen LogP contribution in [0.4, 0.5) is 0 Å². The van der Waals surface area contributed by atoms with Crippen LogP contribution in [0.5, 0.6) is 0 Å². The summed E-state index contributed by atoms with van der Waals surface area (Å²) in [7, 11) is 0. The van der Waals surface area contributed by atoms with Crippen molar-refractivity contribution in [1.29, 1.82) is 0 Å². The van der Waals surface area contributed by atoms with Crippen LogP contribution in [-0.2, 0) is 17.9 Å². The van der Waals surface area contributed by atoms with Gasteiger partial charge in [-0.25, -0.2) is 0 Å². The summed E-state index contributed by atoms with van der Waals surface area (Å²) in [5.41, 5.74) is 8.07. The maximum absolute atomic E-state index is 11.6. The van der Waals surface area contributed by atoms with Gasteiger partial charge in [0.1, 0.15) is 0 Å². The SMILES string of the molecule is CC[C@@H](N)C(=O)NCc1ccc(CN(CC)CC)cc1. The minimum atomic E-state index is -0.406. The van der Waals surface area contributed by atoms with Crippen LogP contribution < -0.4 is 11.1 Å². The Morgan fingerprint density at radius 2 is 1.70 bits per heavy atom. The number of hydrogen-bond donors (Lipinski definition) is 2. The number of nitrogens with two attached hydrogens (primary N) is 1. The van der Waals surface area contributed by atoms with E-state index in [-0.39, 0.29) is 5.91 Å². The minimum Gasteiger partial charge on any atom is -0.351 e. The Kier molecular flexibility index (Phi) is 7.26. The van der Waals surface area contributed by atoms with E-state index in [0.29, 0.717) is 13.0 Å². The van der Waals surface area contributed by atoms with Gasteiger partial charge in [-0.2, -0.15) is 0 Å². The van der Waals surface area contributed by atoms with Crippen LogP contribution in [0.2, 0.25) is 0 Å². The number of nitrogens with zero attached hydrogens (tertiary/aromatic N) is 1. The van der Waals surface area contributed by atoms with Crippen LogP contribution >= 0.6 is 0 Å². The van der Waals surface area contributed by atoms with E-state index in [9.17, 15) is 4.79 Å². The summed E-state index contributed by atoms with van der Waals surface area (Å²) in [5.74, 6) is -0.0836. The molecule has 4 heteroatoms. The molecule has 0 radical (unpaired) electrons. The van der Waals surface area contributed by atoms with Crippen LogP contribution in [-0.4, -0.2) is 29.9 Å². The molecule has 1 amide bonds. The zero-order chi connectivity index (χ0) is 15.0. The first-order chi connectivity index (χ1) is 9.60. The van der Waals surface area contributed by atoms with Crippen molar-refractivity contribution in [2.45, 2.75) is 46.3 Å². The van der Waals surface area contributed by atoms with Crippen LogP contribution in [0.3, 0.4) is 0 Å². The lowest BCUT2D eigenvalue weighted by Gasteiger charge is -2.18. The number of rotatable bonds is 8. The number of hydrogen-bond acceptors (Lipinski definition) is 3. The minimum absolute atomic E-state index is 0.0836. The average molecular weight is 277 g/mol. The highest BCUT2D eigenvalue weighted by molar-refractivity contribution is 5.81. The molecule has 1 aromatic carbocycles. The van der Waals surface area contributed by atoms with Crippen LogP contribution in [0.25, 0.3) is 0 Å². The highest BCUT2D eigenvalue weighted by atomic mass is 16.2. The molecule has 0 unspecified atom stereocenters. The quantitative estimate of drug-likeness (QED) is 0.763. The van der Waals surface area contributed by atoms with Gasteiger partial charge < -0.3 is 11.1 Å². The third-order valence-electron chi connectivity index (χ3n) is 3.57. The van der Waals surface area contributed by atoms with E-state index in [0.717, 1.165) is 25.2 Å². The number of amides is 1. The Balaban J connectivity index is 2.48. The van der Waals surface area contributed by atoms with Crippen molar-refractivity contribution in [1.82, 2.24) is 10.2 Å². The number of benzene rings is 1. The third-order valence-corrected chi connectivity index (χ3v) is 3.57.